The fraction of sp³-hybridized carbons (Fsp3) is 0.188. The van der Waals surface area contributed by atoms with E-state index in [2.05, 4.69) is 15.3 Å². The van der Waals surface area contributed by atoms with Crippen LogP contribution in [0.3, 0.4) is 0 Å². The Hall–Kier alpha value is -2.69. The number of ether oxygens (including phenoxy) is 1. The lowest BCUT2D eigenvalue weighted by Crippen LogP contribution is -2.24. The first-order valence-corrected chi connectivity index (χ1v) is 6.91. The van der Waals surface area contributed by atoms with Crippen molar-refractivity contribution in [1.82, 2.24) is 9.97 Å². The van der Waals surface area contributed by atoms with Crippen molar-refractivity contribution in [2.24, 2.45) is 0 Å². The molecule has 0 saturated carbocycles. The van der Waals surface area contributed by atoms with Crippen molar-refractivity contribution in [2.45, 2.75) is 13.0 Å². The molecule has 0 saturated heterocycles. The van der Waals surface area contributed by atoms with E-state index in [1.165, 1.54) is 0 Å². The van der Waals surface area contributed by atoms with Crippen LogP contribution in [0.25, 0.3) is 11.5 Å². The van der Waals surface area contributed by atoms with Gasteiger partial charge in [0, 0.05) is 0 Å². The van der Waals surface area contributed by atoms with Crippen LogP contribution in [0, 0.1) is 6.92 Å². The number of aromatic nitrogens is 2. The number of para-hydroxylation sites is 2. The van der Waals surface area contributed by atoms with E-state index in [0.717, 1.165) is 34.5 Å². The summed E-state index contributed by atoms with van der Waals surface area (Å²) in [7, 11) is 0. The first kappa shape index (κ1) is 12.1. The van der Waals surface area contributed by atoms with Gasteiger partial charge in [0.2, 0.25) is 0 Å². The highest BCUT2D eigenvalue weighted by Crippen LogP contribution is 2.33. The van der Waals surface area contributed by atoms with E-state index in [-0.39, 0.29) is 6.10 Å². The summed E-state index contributed by atoms with van der Waals surface area (Å²) in [5.41, 5.74) is 1.88. The molecule has 5 heteroatoms. The molecule has 2 N–H and O–H groups in total. The summed E-state index contributed by atoms with van der Waals surface area (Å²) in [6.07, 6.45) is 1.64. The van der Waals surface area contributed by atoms with Crippen LogP contribution in [0.15, 0.2) is 47.0 Å². The highest BCUT2D eigenvalue weighted by molar-refractivity contribution is 5.58. The van der Waals surface area contributed by atoms with Crippen LogP contribution in [0.5, 0.6) is 5.75 Å². The molecule has 1 unspecified atom stereocenters. The number of benzene rings is 1. The number of anilines is 1. The van der Waals surface area contributed by atoms with Crippen LogP contribution in [0.1, 0.15) is 17.7 Å². The predicted molar refractivity (Wildman–Crippen MR) is 79.3 cm³/mol. The van der Waals surface area contributed by atoms with E-state index in [1.807, 2.05) is 43.3 Å². The number of hydrogen-bond acceptors (Lipinski definition) is 4. The van der Waals surface area contributed by atoms with Gasteiger partial charge in [-0.05, 0) is 31.2 Å². The van der Waals surface area contributed by atoms with Gasteiger partial charge in [0.25, 0.3) is 0 Å². The first-order valence-electron chi connectivity index (χ1n) is 6.91. The molecule has 0 radical (unpaired) electrons. The second-order valence-corrected chi connectivity index (χ2v) is 5.08. The van der Waals surface area contributed by atoms with Crippen LogP contribution in [-0.2, 0) is 0 Å². The number of hydrogen-bond donors (Lipinski definition) is 2. The Balaban J connectivity index is 1.60. The monoisotopic (exact) mass is 281 g/mol. The summed E-state index contributed by atoms with van der Waals surface area (Å²) >= 11 is 0. The van der Waals surface area contributed by atoms with Crippen LogP contribution >= 0.6 is 0 Å². The third kappa shape index (κ3) is 2.16. The number of aromatic amines is 1. The number of fused-ring (bicyclic) bond motifs is 1. The molecular weight excluding hydrogens is 266 g/mol. The maximum absolute atomic E-state index is 5.99. The second kappa shape index (κ2) is 4.70. The number of nitrogens with zero attached hydrogens (tertiary/aromatic N) is 1. The molecule has 1 atom stereocenters. The topological polar surface area (TPSA) is 63.1 Å². The quantitative estimate of drug-likeness (QED) is 0.754. The Bertz CT molecular complexity index is 775. The molecular formula is C16H15N3O2. The summed E-state index contributed by atoms with van der Waals surface area (Å²) in [6, 6.07) is 11.8. The second-order valence-electron chi connectivity index (χ2n) is 5.08. The van der Waals surface area contributed by atoms with Gasteiger partial charge < -0.3 is 19.5 Å². The fourth-order valence-electron chi connectivity index (χ4n) is 2.47. The predicted octanol–water partition coefficient (Wildman–Crippen LogP) is 3.52. The normalized spacial score (nSPS) is 16.9. The number of imidazole rings is 1. The van der Waals surface area contributed by atoms with Crippen LogP contribution < -0.4 is 10.1 Å². The number of furan rings is 1. The van der Waals surface area contributed by atoms with E-state index in [4.69, 9.17) is 9.15 Å². The lowest BCUT2D eigenvalue weighted by atomic mass is 10.2. The van der Waals surface area contributed by atoms with Gasteiger partial charge in [-0.1, -0.05) is 12.1 Å². The molecule has 21 heavy (non-hydrogen) atoms. The molecule has 1 aromatic carbocycles. The Morgan fingerprint density at radius 3 is 2.95 bits per heavy atom. The zero-order valence-corrected chi connectivity index (χ0v) is 11.6. The molecule has 0 spiro atoms. The number of aryl methyl sites for hydroxylation is 1. The summed E-state index contributed by atoms with van der Waals surface area (Å²) < 4.78 is 11.6. The van der Waals surface area contributed by atoms with Gasteiger partial charge in [-0.2, -0.15) is 0 Å². The molecule has 4 rings (SSSR count). The van der Waals surface area contributed by atoms with Crippen molar-refractivity contribution in [3.05, 3.63) is 54.2 Å². The summed E-state index contributed by atoms with van der Waals surface area (Å²) in [6.45, 7) is 2.60. The largest absolute Gasteiger partial charge is 0.478 e. The standard InChI is InChI=1S/C16H15N3O2/c1-10-6-7-14(20-10)12-8-18-16(19-12)15-9-17-11-4-2-3-5-13(11)21-15/h2-8,15,17H,9H2,1H3,(H,18,19). The Labute approximate surface area is 122 Å². The fourth-order valence-corrected chi connectivity index (χ4v) is 2.47. The van der Waals surface area contributed by atoms with E-state index in [9.17, 15) is 0 Å². The van der Waals surface area contributed by atoms with Crippen molar-refractivity contribution in [3.63, 3.8) is 0 Å². The van der Waals surface area contributed by atoms with Crippen LogP contribution in [0.4, 0.5) is 5.69 Å². The number of nitrogens with one attached hydrogen (secondary N) is 2. The summed E-state index contributed by atoms with van der Waals surface area (Å²) in [4.78, 5) is 7.69. The Kier molecular flexibility index (Phi) is 2.70. The van der Waals surface area contributed by atoms with E-state index in [0.29, 0.717) is 6.54 Å². The van der Waals surface area contributed by atoms with E-state index in [1.54, 1.807) is 6.20 Å². The van der Waals surface area contributed by atoms with Gasteiger partial charge in [0.1, 0.15) is 23.0 Å². The molecule has 0 amide bonds. The maximum Gasteiger partial charge on any atom is 0.173 e. The van der Waals surface area contributed by atoms with E-state index < -0.39 is 0 Å². The minimum Gasteiger partial charge on any atom is -0.478 e. The molecule has 0 aliphatic carbocycles. The van der Waals surface area contributed by atoms with Crippen LogP contribution in [0.2, 0.25) is 0 Å². The molecule has 3 heterocycles. The van der Waals surface area contributed by atoms with Gasteiger partial charge in [0.15, 0.2) is 11.9 Å². The molecule has 5 nitrogen and oxygen atoms in total. The van der Waals surface area contributed by atoms with Crippen LogP contribution in [-0.4, -0.2) is 16.5 Å². The van der Waals surface area contributed by atoms with Crippen molar-refractivity contribution in [3.8, 4) is 17.2 Å². The van der Waals surface area contributed by atoms with Crippen molar-refractivity contribution in [1.29, 1.82) is 0 Å². The minimum absolute atomic E-state index is 0.135. The lowest BCUT2D eigenvalue weighted by Gasteiger charge is -2.25. The first-order chi connectivity index (χ1) is 10.3. The molecule has 1 aliphatic rings. The zero-order valence-electron chi connectivity index (χ0n) is 11.6. The SMILES string of the molecule is Cc1ccc(-c2cnc(C3CNc4ccccc4O3)[nH]2)o1. The summed E-state index contributed by atoms with van der Waals surface area (Å²) in [5.74, 6) is 3.31. The average Bonchev–Trinajstić information content (AvgIpc) is 3.15. The third-order valence-corrected chi connectivity index (χ3v) is 3.54. The lowest BCUT2D eigenvalue weighted by molar-refractivity contribution is 0.201. The van der Waals surface area contributed by atoms with Gasteiger partial charge >= 0.3 is 0 Å². The van der Waals surface area contributed by atoms with E-state index >= 15 is 0 Å². The number of H-pyrrole nitrogens is 1. The molecule has 0 fully saturated rings. The maximum atomic E-state index is 5.99. The third-order valence-electron chi connectivity index (χ3n) is 3.54. The molecule has 1 aliphatic heterocycles. The van der Waals surface area contributed by atoms with Gasteiger partial charge in [-0.3, -0.25) is 0 Å². The van der Waals surface area contributed by atoms with Gasteiger partial charge in [0.05, 0.1) is 18.4 Å². The molecule has 106 valence electrons. The smallest absolute Gasteiger partial charge is 0.173 e. The zero-order chi connectivity index (χ0) is 14.2. The molecule has 3 aromatic rings. The minimum atomic E-state index is -0.135. The summed E-state index contributed by atoms with van der Waals surface area (Å²) in [5, 5.41) is 3.36. The Morgan fingerprint density at radius 2 is 2.10 bits per heavy atom. The average molecular weight is 281 g/mol. The van der Waals surface area contributed by atoms with Crippen molar-refractivity contribution < 1.29 is 9.15 Å². The van der Waals surface area contributed by atoms with Gasteiger partial charge in [-0.15, -0.1) is 0 Å². The highest BCUT2D eigenvalue weighted by atomic mass is 16.5. The number of rotatable bonds is 2. The highest BCUT2D eigenvalue weighted by Gasteiger charge is 2.23. The molecule has 0 bridgehead atoms. The van der Waals surface area contributed by atoms with Gasteiger partial charge in [-0.25, -0.2) is 4.98 Å². The molecule has 2 aromatic heterocycles. The Morgan fingerprint density at radius 1 is 1.19 bits per heavy atom. The van der Waals surface area contributed by atoms with Crippen molar-refractivity contribution in [2.75, 3.05) is 11.9 Å². The van der Waals surface area contributed by atoms with Crippen molar-refractivity contribution >= 4 is 5.69 Å².